The summed E-state index contributed by atoms with van der Waals surface area (Å²) in [7, 11) is 0. The van der Waals surface area contributed by atoms with Gasteiger partial charge in [-0.25, -0.2) is 4.79 Å². The summed E-state index contributed by atoms with van der Waals surface area (Å²) in [6.07, 6.45) is 17.7. The van der Waals surface area contributed by atoms with Crippen molar-refractivity contribution in [3.8, 4) is 0 Å². The Bertz CT molecular complexity index is 778. The number of aliphatic hydroxyl groups is 1. The van der Waals surface area contributed by atoms with E-state index in [1.165, 1.54) is 11.1 Å². The number of furan rings is 1. The van der Waals surface area contributed by atoms with Crippen molar-refractivity contribution < 1.29 is 19.1 Å². The summed E-state index contributed by atoms with van der Waals surface area (Å²) >= 11 is 0. The third kappa shape index (κ3) is 7.80. The van der Waals surface area contributed by atoms with Crippen molar-refractivity contribution in [1.29, 1.82) is 0 Å². The molecule has 1 aliphatic heterocycles. The molecule has 0 amide bonds. The Hall–Kier alpha value is -2.49. The van der Waals surface area contributed by atoms with E-state index in [9.17, 15) is 9.90 Å². The average molecular weight is 399 g/mol. The maximum atomic E-state index is 11.5. The van der Waals surface area contributed by atoms with Crippen molar-refractivity contribution in [2.24, 2.45) is 5.92 Å². The molecule has 2 heterocycles. The standard InChI is InChI=1S/C25H34O4/c1-18(8-5-9-19(2)11-7-13-22-14-15-28-17-22)10-6-12-20(3)16-23-24(26)21(4)25(27)29-23/h5,8-9,12,14-15,17-18,23,26H,6-7,10-11,13,16H2,1-4H3/b8-5+,19-9+,20-12-/t18?,23-/m0/s1. The van der Waals surface area contributed by atoms with Crippen LogP contribution in [0.1, 0.15) is 65.4 Å². The molecule has 0 saturated carbocycles. The number of carbonyl (C=O) groups excluding carboxylic acids is 1. The summed E-state index contributed by atoms with van der Waals surface area (Å²) in [5.41, 5.74) is 4.11. The molecule has 0 radical (unpaired) electrons. The first-order valence-corrected chi connectivity index (χ1v) is 10.5. The SMILES string of the molecule is CC1=C(O)[C@H](C/C(C)=C\CCC(C)/C=C/C=C(\C)CCCc2ccoc2)OC1=O. The Kier molecular flexibility index (Phi) is 9.04. The van der Waals surface area contributed by atoms with Gasteiger partial charge in [0.05, 0.1) is 18.1 Å². The number of rotatable bonds is 11. The topological polar surface area (TPSA) is 59.7 Å². The van der Waals surface area contributed by atoms with Gasteiger partial charge in [0.15, 0.2) is 6.10 Å². The molecule has 0 aliphatic carbocycles. The van der Waals surface area contributed by atoms with Crippen LogP contribution in [0.4, 0.5) is 0 Å². The van der Waals surface area contributed by atoms with Gasteiger partial charge in [-0.3, -0.25) is 0 Å². The summed E-state index contributed by atoms with van der Waals surface area (Å²) in [5, 5.41) is 9.92. The van der Waals surface area contributed by atoms with E-state index in [4.69, 9.17) is 9.15 Å². The molecule has 1 aromatic heterocycles. The van der Waals surface area contributed by atoms with Crippen molar-refractivity contribution in [2.45, 2.75) is 72.3 Å². The van der Waals surface area contributed by atoms with Crippen LogP contribution in [-0.2, 0) is 16.0 Å². The fourth-order valence-electron chi connectivity index (χ4n) is 3.32. The molecule has 1 aromatic rings. The Morgan fingerprint density at radius 3 is 2.76 bits per heavy atom. The van der Waals surface area contributed by atoms with Gasteiger partial charge < -0.3 is 14.3 Å². The minimum Gasteiger partial charge on any atom is -0.508 e. The molecule has 2 atom stereocenters. The molecule has 4 nitrogen and oxygen atoms in total. The monoisotopic (exact) mass is 398 g/mol. The molecule has 1 aliphatic rings. The van der Waals surface area contributed by atoms with Crippen LogP contribution in [0.25, 0.3) is 0 Å². The summed E-state index contributed by atoms with van der Waals surface area (Å²) in [4.78, 5) is 11.5. The molecule has 0 bridgehead atoms. The molecular weight excluding hydrogens is 364 g/mol. The lowest BCUT2D eigenvalue weighted by molar-refractivity contribution is -0.140. The predicted octanol–water partition coefficient (Wildman–Crippen LogP) is 6.61. The lowest BCUT2D eigenvalue weighted by Gasteiger charge is -2.11. The first kappa shape index (κ1) is 22.8. The Labute approximate surface area is 174 Å². The van der Waals surface area contributed by atoms with Crippen molar-refractivity contribution in [2.75, 3.05) is 0 Å². The van der Waals surface area contributed by atoms with Gasteiger partial charge in [-0.05, 0) is 70.4 Å². The molecule has 0 aromatic carbocycles. The minimum absolute atomic E-state index is 0.0750. The maximum Gasteiger partial charge on any atom is 0.338 e. The molecule has 29 heavy (non-hydrogen) atoms. The van der Waals surface area contributed by atoms with Gasteiger partial charge in [-0.15, -0.1) is 0 Å². The van der Waals surface area contributed by atoms with E-state index in [0.717, 1.165) is 37.7 Å². The van der Waals surface area contributed by atoms with E-state index >= 15 is 0 Å². The van der Waals surface area contributed by atoms with E-state index in [1.54, 1.807) is 13.2 Å². The van der Waals surface area contributed by atoms with E-state index in [-0.39, 0.29) is 5.76 Å². The molecule has 0 spiro atoms. The summed E-state index contributed by atoms with van der Waals surface area (Å²) in [6, 6.07) is 2.03. The van der Waals surface area contributed by atoms with Crippen LogP contribution in [0, 0.1) is 5.92 Å². The van der Waals surface area contributed by atoms with Crippen LogP contribution in [-0.4, -0.2) is 17.2 Å². The number of aryl methyl sites for hydroxylation is 1. The second kappa shape index (κ2) is 11.5. The first-order chi connectivity index (χ1) is 13.9. The normalized spacial score (nSPS) is 19.3. The van der Waals surface area contributed by atoms with Crippen molar-refractivity contribution in [3.05, 3.63) is 70.9 Å². The van der Waals surface area contributed by atoms with Gasteiger partial charge in [-0.1, -0.05) is 42.4 Å². The molecule has 1 N–H and O–H groups in total. The summed E-state index contributed by atoms with van der Waals surface area (Å²) in [5.74, 6) is 0.156. The number of allylic oxidation sites excluding steroid dienone is 5. The number of ether oxygens (including phenoxy) is 1. The van der Waals surface area contributed by atoms with E-state index in [2.05, 4.69) is 38.2 Å². The fourth-order valence-corrected chi connectivity index (χ4v) is 3.32. The zero-order chi connectivity index (χ0) is 21.2. The van der Waals surface area contributed by atoms with E-state index < -0.39 is 12.1 Å². The number of hydrogen-bond donors (Lipinski definition) is 1. The van der Waals surface area contributed by atoms with Gasteiger partial charge in [0.25, 0.3) is 0 Å². The van der Waals surface area contributed by atoms with Crippen molar-refractivity contribution in [1.82, 2.24) is 0 Å². The molecule has 158 valence electrons. The van der Waals surface area contributed by atoms with Crippen LogP contribution >= 0.6 is 0 Å². The lowest BCUT2D eigenvalue weighted by Crippen LogP contribution is -2.12. The summed E-state index contributed by atoms with van der Waals surface area (Å²) in [6.45, 7) is 8.02. The van der Waals surface area contributed by atoms with Gasteiger partial charge >= 0.3 is 5.97 Å². The van der Waals surface area contributed by atoms with Crippen molar-refractivity contribution in [3.63, 3.8) is 0 Å². The molecule has 4 heteroatoms. The van der Waals surface area contributed by atoms with Gasteiger partial charge in [-0.2, -0.15) is 0 Å². The average Bonchev–Trinajstić information content (AvgIpc) is 3.27. The number of carbonyl (C=O) groups is 1. The highest BCUT2D eigenvalue weighted by Gasteiger charge is 2.31. The molecule has 1 unspecified atom stereocenters. The predicted molar refractivity (Wildman–Crippen MR) is 117 cm³/mol. The largest absolute Gasteiger partial charge is 0.508 e. The number of aliphatic hydroxyl groups excluding tert-OH is 1. The zero-order valence-corrected chi connectivity index (χ0v) is 18.1. The highest BCUT2D eigenvalue weighted by molar-refractivity contribution is 5.91. The molecule has 0 saturated heterocycles. The van der Waals surface area contributed by atoms with Gasteiger partial charge in [0.1, 0.15) is 5.76 Å². The van der Waals surface area contributed by atoms with Crippen LogP contribution in [0.2, 0.25) is 0 Å². The number of hydrogen-bond acceptors (Lipinski definition) is 4. The fraction of sp³-hybridized carbons (Fsp3) is 0.480. The van der Waals surface area contributed by atoms with Crippen molar-refractivity contribution >= 4 is 5.97 Å². The Morgan fingerprint density at radius 1 is 1.31 bits per heavy atom. The molecule has 2 rings (SSSR count). The second-order valence-corrected chi connectivity index (χ2v) is 8.10. The van der Waals surface area contributed by atoms with Crippen LogP contribution in [0.15, 0.2) is 69.8 Å². The van der Waals surface area contributed by atoms with Gasteiger partial charge in [0, 0.05) is 6.42 Å². The van der Waals surface area contributed by atoms with Crippen LogP contribution < -0.4 is 0 Å². The maximum absolute atomic E-state index is 11.5. The van der Waals surface area contributed by atoms with Gasteiger partial charge in [0.2, 0.25) is 0 Å². The quantitative estimate of drug-likeness (QED) is 0.259. The minimum atomic E-state index is -0.516. The highest BCUT2D eigenvalue weighted by atomic mass is 16.6. The van der Waals surface area contributed by atoms with E-state index in [1.807, 2.05) is 19.3 Å². The smallest absolute Gasteiger partial charge is 0.338 e. The second-order valence-electron chi connectivity index (χ2n) is 8.10. The Morgan fingerprint density at radius 2 is 2.10 bits per heavy atom. The highest BCUT2D eigenvalue weighted by Crippen LogP contribution is 2.25. The number of cyclic esters (lactones) is 1. The number of esters is 1. The summed E-state index contributed by atoms with van der Waals surface area (Å²) < 4.78 is 10.3. The van der Waals surface area contributed by atoms with Crippen LogP contribution in [0.5, 0.6) is 0 Å². The lowest BCUT2D eigenvalue weighted by atomic mass is 10.0. The first-order valence-electron chi connectivity index (χ1n) is 10.5. The molecule has 0 fully saturated rings. The van der Waals surface area contributed by atoms with Crippen LogP contribution in [0.3, 0.4) is 0 Å². The zero-order valence-electron chi connectivity index (χ0n) is 18.1. The van der Waals surface area contributed by atoms with E-state index in [0.29, 0.717) is 17.9 Å². The third-order valence-electron chi connectivity index (χ3n) is 5.30. The third-order valence-corrected chi connectivity index (χ3v) is 5.30. The Balaban J connectivity index is 1.65. The molecular formula is C25H34O4.